The van der Waals surface area contributed by atoms with Gasteiger partial charge in [0.15, 0.2) is 0 Å². The van der Waals surface area contributed by atoms with Crippen LogP contribution in [0.2, 0.25) is 0 Å². The smallest absolute Gasteiger partial charge is 0.146 e. The number of rotatable bonds is 1. The number of pyridine rings is 1. The van der Waals surface area contributed by atoms with Gasteiger partial charge in [0.1, 0.15) is 5.82 Å². The Bertz CT molecular complexity index is 378. The molecule has 0 amide bonds. The van der Waals surface area contributed by atoms with Gasteiger partial charge in [-0.3, -0.25) is 0 Å². The minimum absolute atomic E-state index is 0.139. The standard InChI is InChI=1S/C12H19N3O/c1-9-7-15(8-12(2,3)16-9)10-5-4-6-14-11(10)13/h4-6,9H,7-8H2,1-3H3,(H2,13,14). The molecule has 1 atom stereocenters. The molecule has 1 saturated heterocycles. The molecule has 1 aliphatic heterocycles. The van der Waals surface area contributed by atoms with Crippen LogP contribution in [0.3, 0.4) is 0 Å². The van der Waals surface area contributed by atoms with E-state index in [1.807, 2.05) is 12.1 Å². The Balaban J connectivity index is 2.25. The fourth-order valence-electron chi connectivity index (χ4n) is 2.31. The zero-order valence-electron chi connectivity index (χ0n) is 10.1. The molecule has 2 heterocycles. The highest BCUT2D eigenvalue weighted by molar-refractivity contribution is 5.63. The van der Waals surface area contributed by atoms with Gasteiger partial charge < -0.3 is 15.4 Å². The van der Waals surface area contributed by atoms with Crippen LogP contribution in [0.5, 0.6) is 0 Å². The summed E-state index contributed by atoms with van der Waals surface area (Å²) in [5.74, 6) is 0.590. The number of morpholine rings is 1. The lowest BCUT2D eigenvalue weighted by molar-refractivity contribution is -0.0749. The van der Waals surface area contributed by atoms with Crippen molar-refractivity contribution in [2.75, 3.05) is 23.7 Å². The molecular weight excluding hydrogens is 202 g/mol. The Morgan fingerprint density at radius 1 is 1.56 bits per heavy atom. The van der Waals surface area contributed by atoms with Gasteiger partial charge in [0.25, 0.3) is 0 Å². The van der Waals surface area contributed by atoms with E-state index in [-0.39, 0.29) is 11.7 Å². The maximum atomic E-state index is 5.89. The second kappa shape index (κ2) is 3.94. The van der Waals surface area contributed by atoms with Crippen LogP contribution in [0.4, 0.5) is 11.5 Å². The maximum Gasteiger partial charge on any atom is 0.146 e. The lowest BCUT2D eigenvalue weighted by atomic mass is 10.0. The highest BCUT2D eigenvalue weighted by Crippen LogP contribution is 2.28. The molecule has 1 aliphatic rings. The quantitative estimate of drug-likeness (QED) is 0.783. The molecule has 16 heavy (non-hydrogen) atoms. The summed E-state index contributed by atoms with van der Waals surface area (Å²) in [7, 11) is 0. The van der Waals surface area contributed by atoms with Crippen molar-refractivity contribution in [3.8, 4) is 0 Å². The molecule has 1 unspecified atom stereocenters. The summed E-state index contributed by atoms with van der Waals surface area (Å²) in [4.78, 5) is 6.37. The van der Waals surface area contributed by atoms with Crippen molar-refractivity contribution < 1.29 is 4.74 Å². The van der Waals surface area contributed by atoms with Crippen molar-refractivity contribution in [3.05, 3.63) is 18.3 Å². The second-order valence-corrected chi connectivity index (χ2v) is 4.98. The van der Waals surface area contributed by atoms with Crippen LogP contribution < -0.4 is 10.6 Å². The van der Waals surface area contributed by atoms with Crippen LogP contribution in [0, 0.1) is 0 Å². The van der Waals surface area contributed by atoms with Gasteiger partial charge in [-0.1, -0.05) is 0 Å². The Morgan fingerprint density at radius 3 is 2.94 bits per heavy atom. The van der Waals surface area contributed by atoms with E-state index in [0.717, 1.165) is 18.8 Å². The third-order valence-corrected chi connectivity index (χ3v) is 2.73. The molecule has 0 saturated carbocycles. The number of ether oxygens (including phenoxy) is 1. The van der Waals surface area contributed by atoms with Crippen molar-refractivity contribution in [1.82, 2.24) is 4.98 Å². The van der Waals surface area contributed by atoms with Crippen LogP contribution in [0.25, 0.3) is 0 Å². The van der Waals surface area contributed by atoms with Crippen molar-refractivity contribution in [2.24, 2.45) is 0 Å². The fourth-order valence-corrected chi connectivity index (χ4v) is 2.31. The van der Waals surface area contributed by atoms with E-state index in [1.165, 1.54) is 0 Å². The topological polar surface area (TPSA) is 51.4 Å². The Morgan fingerprint density at radius 2 is 2.31 bits per heavy atom. The molecule has 1 aromatic rings. The average molecular weight is 221 g/mol. The molecule has 4 nitrogen and oxygen atoms in total. The third-order valence-electron chi connectivity index (χ3n) is 2.73. The first kappa shape index (κ1) is 11.2. The normalized spacial score (nSPS) is 24.4. The number of hydrogen-bond donors (Lipinski definition) is 1. The highest BCUT2D eigenvalue weighted by atomic mass is 16.5. The van der Waals surface area contributed by atoms with Gasteiger partial charge in [-0.25, -0.2) is 4.98 Å². The Labute approximate surface area is 96.4 Å². The number of hydrogen-bond acceptors (Lipinski definition) is 4. The lowest BCUT2D eigenvalue weighted by Crippen LogP contribution is -2.52. The molecule has 4 heteroatoms. The number of anilines is 2. The van der Waals surface area contributed by atoms with Crippen molar-refractivity contribution in [3.63, 3.8) is 0 Å². The van der Waals surface area contributed by atoms with E-state index < -0.39 is 0 Å². The fraction of sp³-hybridized carbons (Fsp3) is 0.583. The lowest BCUT2D eigenvalue weighted by Gasteiger charge is -2.43. The van der Waals surface area contributed by atoms with Gasteiger partial charge >= 0.3 is 0 Å². The number of nitrogens with two attached hydrogens (primary N) is 1. The highest BCUT2D eigenvalue weighted by Gasteiger charge is 2.32. The number of nitrogens with zero attached hydrogens (tertiary/aromatic N) is 2. The van der Waals surface area contributed by atoms with Gasteiger partial charge in [0, 0.05) is 19.3 Å². The van der Waals surface area contributed by atoms with Gasteiger partial charge in [0.05, 0.1) is 17.4 Å². The average Bonchev–Trinajstić information content (AvgIpc) is 2.15. The van der Waals surface area contributed by atoms with E-state index in [9.17, 15) is 0 Å². The second-order valence-electron chi connectivity index (χ2n) is 4.98. The maximum absolute atomic E-state index is 5.89. The Hall–Kier alpha value is -1.29. The monoisotopic (exact) mass is 221 g/mol. The summed E-state index contributed by atoms with van der Waals surface area (Å²) in [5, 5.41) is 0. The van der Waals surface area contributed by atoms with Crippen molar-refractivity contribution in [1.29, 1.82) is 0 Å². The molecule has 88 valence electrons. The zero-order valence-corrected chi connectivity index (χ0v) is 10.1. The molecule has 2 N–H and O–H groups in total. The SMILES string of the molecule is CC1CN(c2cccnc2N)CC(C)(C)O1. The molecule has 0 aliphatic carbocycles. The van der Waals surface area contributed by atoms with E-state index in [0.29, 0.717) is 5.82 Å². The Kier molecular flexibility index (Phi) is 2.76. The van der Waals surface area contributed by atoms with E-state index in [1.54, 1.807) is 6.20 Å². The van der Waals surface area contributed by atoms with Gasteiger partial charge in [0.2, 0.25) is 0 Å². The van der Waals surface area contributed by atoms with E-state index in [2.05, 4.69) is 30.7 Å². The molecule has 0 bridgehead atoms. The summed E-state index contributed by atoms with van der Waals surface area (Å²) in [6.07, 6.45) is 1.93. The van der Waals surface area contributed by atoms with Crippen LogP contribution in [-0.4, -0.2) is 29.8 Å². The molecule has 2 rings (SSSR count). The summed E-state index contributed by atoms with van der Waals surface area (Å²) < 4.78 is 5.86. The first-order valence-electron chi connectivity index (χ1n) is 5.61. The molecule has 1 fully saturated rings. The van der Waals surface area contributed by atoms with Crippen molar-refractivity contribution >= 4 is 11.5 Å². The molecule has 0 radical (unpaired) electrons. The molecule has 1 aromatic heterocycles. The van der Waals surface area contributed by atoms with Gasteiger partial charge in [-0.05, 0) is 32.9 Å². The third kappa shape index (κ3) is 2.27. The summed E-state index contributed by atoms with van der Waals surface area (Å²) in [5.41, 5.74) is 6.76. The van der Waals surface area contributed by atoms with E-state index >= 15 is 0 Å². The number of aromatic nitrogens is 1. The predicted molar refractivity (Wildman–Crippen MR) is 65.5 cm³/mol. The molecule has 0 aromatic carbocycles. The zero-order chi connectivity index (χ0) is 11.8. The minimum Gasteiger partial charge on any atom is -0.382 e. The number of nitrogen functional groups attached to an aromatic ring is 1. The van der Waals surface area contributed by atoms with Gasteiger partial charge in [-0.15, -0.1) is 0 Å². The van der Waals surface area contributed by atoms with Crippen LogP contribution >= 0.6 is 0 Å². The largest absolute Gasteiger partial charge is 0.382 e. The van der Waals surface area contributed by atoms with Crippen LogP contribution in [0.15, 0.2) is 18.3 Å². The summed E-state index contributed by atoms with van der Waals surface area (Å²) in [6.45, 7) is 7.98. The van der Waals surface area contributed by atoms with Crippen LogP contribution in [-0.2, 0) is 4.74 Å². The summed E-state index contributed by atoms with van der Waals surface area (Å²) in [6, 6.07) is 3.93. The first-order chi connectivity index (χ1) is 7.48. The predicted octanol–water partition coefficient (Wildman–Crippen LogP) is 1.67. The van der Waals surface area contributed by atoms with E-state index in [4.69, 9.17) is 10.5 Å². The van der Waals surface area contributed by atoms with Crippen LogP contribution in [0.1, 0.15) is 20.8 Å². The first-order valence-corrected chi connectivity index (χ1v) is 5.61. The molecule has 0 spiro atoms. The summed E-state index contributed by atoms with van der Waals surface area (Å²) >= 11 is 0. The van der Waals surface area contributed by atoms with Crippen molar-refractivity contribution in [2.45, 2.75) is 32.5 Å². The van der Waals surface area contributed by atoms with Gasteiger partial charge in [-0.2, -0.15) is 0 Å². The molecular formula is C12H19N3O. The minimum atomic E-state index is -0.139.